The van der Waals surface area contributed by atoms with Gasteiger partial charge in [-0.05, 0) is 43.2 Å². The van der Waals surface area contributed by atoms with Crippen LogP contribution < -0.4 is 20.1 Å². The monoisotopic (exact) mass is 577 g/mol. The summed E-state index contributed by atoms with van der Waals surface area (Å²) in [6, 6.07) is 10.8. The Morgan fingerprint density at radius 2 is 1.84 bits per heavy atom. The molecule has 9 nitrogen and oxygen atoms in total. The Kier molecular flexibility index (Phi) is 13.8. The predicted molar refractivity (Wildman–Crippen MR) is 136 cm³/mol. The van der Waals surface area contributed by atoms with E-state index >= 15 is 0 Å². The number of hydrogen-bond acceptors (Lipinski definition) is 6. The molecule has 0 aliphatic carbocycles. The van der Waals surface area contributed by atoms with Crippen LogP contribution in [0.5, 0.6) is 5.75 Å². The van der Waals surface area contributed by atoms with Gasteiger partial charge in [0, 0.05) is 45.2 Å². The summed E-state index contributed by atoms with van der Waals surface area (Å²) in [5, 5.41) is 6.41. The number of guanidine groups is 1. The summed E-state index contributed by atoms with van der Waals surface area (Å²) in [6.07, 6.45) is 3.69. The fourth-order valence-electron chi connectivity index (χ4n) is 2.56. The molecule has 0 saturated carbocycles. The normalized spacial score (nSPS) is 11.5. The predicted octanol–water partition coefficient (Wildman–Crippen LogP) is 2.15. The van der Waals surface area contributed by atoms with Crippen LogP contribution >= 0.6 is 24.0 Å². The van der Waals surface area contributed by atoms with Crippen molar-refractivity contribution in [3.8, 4) is 5.75 Å². The minimum atomic E-state index is -3.59. The molecule has 0 bridgehead atoms. The highest BCUT2D eigenvalue weighted by Crippen LogP contribution is 2.11. The molecule has 0 unspecified atom stereocenters. The number of ether oxygens (including phenoxy) is 2. The topological polar surface area (TPSA) is 114 Å². The van der Waals surface area contributed by atoms with Gasteiger partial charge in [0.25, 0.3) is 0 Å². The van der Waals surface area contributed by atoms with Crippen molar-refractivity contribution in [1.82, 2.24) is 20.3 Å². The summed E-state index contributed by atoms with van der Waals surface area (Å²) >= 11 is 0. The van der Waals surface area contributed by atoms with E-state index < -0.39 is 10.0 Å². The van der Waals surface area contributed by atoms with Crippen molar-refractivity contribution in [1.29, 1.82) is 0 Å². The summed E-state index contributed by atoms with van der Waals surface area (Å²) in [4.78, 5) is 8.57. The molecule has 0 atom stereocenters. The summed E-state index contributed by atoms with van der Waals surface area (Å²) < 4.78 is 37.6. The third-order valence-electron chi connectivity index (χ3n) is 4.20. The molecular weight excluding hydrogens is 545 g/mol. The van der Waals surface area contributed by atoms with Gasteiger partial charge in [-0.2, -0.15) is 0 Å². The maximum absolute atomic E-state index is 12.3. The average molecular weight is 577 g/mol. The second-order valence-electron chi connectivity index (χ2n) is 6.50. The second kappa shape index (κ2) is 15.8. The molecule has 0 amide bonds. The van der Waals surface area contributed by atoms with Gasteiger partial charge in [-0.1, -0.05) is 12.1 Å². The number of halogens is 1. The summed E-state index contributed by atoms with van der Waals surface area (Å²) in [7, 11) is -1.96. The first-order valence-electron chi connectivity index (χ1n) is 10.2. The number of nitrogens with zero attached hydrogens (tertiary/aromatic N) is 2. The standard InChI is InChI=1S/C21H31N5O4S.HI/c1-3-30-15-5-12-23-21(25-16-18-7-9-19(29-2)10-8-18)24-13-14-26-31(27,28)20-6-4-11-22-17-20;/h4,6-11,17,26H,3,5,12-16H2,1-2H3,(H2,23,24,25);1H. The average Bonchev–Trinajstić information content (AvgIpc) is 2.80. The van der Waals surface area contributed by atoms with Crippen LogP contribution in [0.2, 0.25) is 0 Å². The zero-order chi connectivity index (χ0) is 22.4. The van der Waals surface area contributed by atoms with E-state index in [4.69, 9.17) is 9.47 Å². The second-order valence-corrected chi connectivity index (χ2v) is 8.27. The first-order chi connectivity index (χ1) is 15.0. The SMILES string of the molecule is CCOCCCNC(=NCc1ccc(OC)cc1)NCCNS(=O)(=O)c1cccnc1.I. The Bertz CT molecular complexity index is 896. The molecule has 2 rings (SSSR count). The summed E-state index contributed by atoms with van der Waals surface area (Å²) in [5.41, 5.74) is 1.04. The van der Waals surface area contributed by atoms with E-state index in [1.165, 1.54) is 18.5 Å². The number of benzene rings is 1. The molecule has 0 aliphatic heterocycles. The lowest BCUT2D eigenvalue weighted by molar-refractivity contribution is 0.145. The van der Waals surface area contributed by atoms with Crippen LogP contribution in [-0.2, 0) is 21.3 Å². The van der Waals surface area contributed by atoms with Crippen LogP contribution in [0.25, 0.3) is 0 Å². The van der Waals surface area contributed by atoms with Crippen molar-refractivity contribution < 1.29 is 17.9 Å². The highest BCUT2D eigenvalue weighted by atomic mass is 127. The Morgan fingerprint density at radius 1 is 1.09 bits per heavy atom. The maximum Gasteiger partial charge on any atom is 0.242 e. The van der Waals surface area contributed by atoms with Gasteiger partial charge in [-0.15, -0.1) is 24.0 Å². The number of pyridine rings is 1. The molecule has 32 heavy (non-hydrogen) atoms. The highest BCUT2D eigenvalue weighted by Gasteiger charge is 2.12. The van der Waals surface area contributed by atoms with Crippen LogP contribution in [0.4, 0.5) is 0 Å². The van der Waals surface area contributed by atoms with Crippen molar-refractivity contribution in [3.05, 3.63) is 54.4 Å². The molecule has 0 saturated heterocycles. The Balaban J connectivity index is 0.00000512. The first kappa shape index (κ1) is 28.1. The molecule has 0 spiro atoms. The molecular formula is C21H32IN5O4S. The van der Waals surface area contributed by atoms with Crippen LogP contribution in [0.3, 0.4) is 0 Å². The number of methoxy groups -OCH3 is 1. The number of nitrogens with one attached hydrogen (secondary N) is 3. The smallest absolute Gasteiger partial charge is 0.242 e. The number of hydrogen-bond donors (Lipinski definition) is 3. The Labute approximate surface area is 207 Å². The fraction of sp³-hybridized carbons (Fsp3) is 0.429. The first-order valence-corrected chi connectivity index (χ1v) is 11.7. The van der Waals surface area contributed by atoms with Gasteiger partial charge in [0.2, 0.25) is 10.0 Å². The largest absolute Gasteiger partial charge is 0.497 e. The van der Waals surface area contributed by atoms with E-state index in [2.05, 4.69) is 25.3 Å². The number of aromatic nitrogens is 1. The van der Waals surface area contributed by atoms with E-state index in [1.54, 1.807) is 13.2 Å². The van der Waals surface area contributed by atoms with Gasteiger partial charge in [-0.3, -0.25) is 4.98 Å². The molecule has 3 N–H and O–H groups in total. The summed E-state index contributed by atoms with van der Waals surface area (Å²) in [5.74, 6) is 1.40. The lowest BCUT2D eigenvalue weighted by Crippen LogP contribution is -2.42. The molecule has 1 heterocycles. The van der Waals surface area contributed by atoms with E-state index in [-0.39, 0.29) is 35.4 Å². The molecule has 0 radical (unpaired) electrons. The van der Waals surface area contributed by atoms with Crippen LogP contribution in [0.1, 0.15) is 18.9 Å². The van der Waals surface area contributed by atoms with Gasteiger partial charge >= 0.3 is 0 Å². The van der Waals surface area contributed by atoms with Crippen molar-refractivity contribution in [2.75, 3.05) is 40.0 Å². The molecule has 1 aromatic heterocycles. The lowest BCUT2D eigenvalue weighted by Gasteiger charge is -2.13. The number of aliphatic imine (C=N–C) groups is 1. The van der Waals surface area contributed by atoms with Crippen LogP contribution in [-0.4, -0.2) is 59.3 Å². The summed E-state index contributed by atoms with van der Waals surface area (Å²) in [6.45, 7) is 5.07. The van der Waals surface area contributed by atoms with Gasteiger partial charge in [0.15, 0.2) is 5.96 Å². The molecule has 1 aromatic carbocycles. The van der Waals surface area contributed by atoms with Gasteiger partial charge in [0.1, 0.15) is 10.6 Å². The van der Waals surface area contributed by atoms with E-state index in [9.17, 15) is 8.42 Å². The zero-order valence-electron chi connectivity index (χ0n) is 18.4. The van der Waals surface area contributed by atoms with Gasteiger partial charge in [-0.25, -0.2) is 18.1 Å². The Hall–Kier alpha value is -1.96. The minimum Gasteiger partial charge on any atom is -0.497 e. The van der Waals surface area contributed by atoms with Crippen molar-refractivity contribution >= 4 is 40.0 Å². The molecule has 2 aromatic rings. The minimum absolute atomic E-state index is 0. The number of sulfonamides is 1. The van der Waals surface area contributed by atoms with E-state index in [1.807, 2.05) is 31.2 Å². The Morgan fingerprint density at radius 3 is 2.50 bits per heavy atom. The molecule has 0 aliphatic rings. The van der Waals surface area contributed by atoms with Crippen molar-refractivity contribution in [3.63, 3.8) is 0 Å². The van der Waals surface area contributed by atoms with Crippen molar-refractivity contribution in [2.24, 2.45) is 4.99 Å². The van der Waals surface area contributed by atoms with Gasteiger partial charge < -0.3 is 20.1 Å². The number of rotatable bonds is 13. The van der Waals surface area contributed by atoms with Gasteiger partial charge in [0.05, 0.1) is 13.7 Å². The highest BCUT2D eigenvalue weighted by molar-refractivity contribution is 14.0. The molecule has 178 valence electrons. The third kappa shape index (κ3) is 10.6. The van der Waals surface area contributed by atoms with Crippen molar-refractivity contribution in [2.45, 2.75) is 24.8 Å². The maximum atomic E-state index is 12.3. The quantitative estimate of drug-likeness (QED) is 0.145. The van der Waals surface area contributed by atoms with E-state index in [0.29, 0.717) is 38.8 Å². The van der Waals surface area contributed by atoms with E-state index in [0.717, 1.165) is 17.7 Å². The van der Waals surface area contributed by atoms with Crippen LogP contribution in [0.15, 0.2) is 58.7 Å². The zero-order valence-corrected chi connectivity index (χ0v) is 21.6. The molecule has 0 fully saturated rings. The lowest BCUT2D eigenvalue weighted by atomic mass is 10.2. The molecule has 11 heteroatoms. The van der Waals surface area contributed by atoms with Crippen LogP contribution in [0, 0.1) is 0 Å². The third-order valence-corrected chi connectivity index (χ3v) is 5.64. The fourth-order valence-corrected chi connectivity index (χ4v) is 3.55.